The summed E-state index contributed by atoms with van der Waals surface area (Å²) in [6.45, 7) is 3.53. The van der Waals surface area contributed by atoms with Crippen LogP contribution >= 0.6 is 0 Å². The van der Waals surface area contributed by atoms with Gasteiger partial charge in [-0.15, -0.1) is 0 Å². The van der Waals surface area contributed by atoms with Gasteiger partial charge in [0.25, 0.3) is 5.91 Å². The topological polar surface area (TPSA) is 77.9 Å². The minimum Gasteiger partial charge on any atom is -0.481 e. The molecule has 2 fully saturated rings. The van der Waals surface area contributed by atoms with Crippen LogP contribution in [0.4, 0.5) is 5.69 Å². The molecule has 2 heterocycles. The number of carboxylic acids is 1. The van der Waals surface area contributed by atoms with Crippen molar-refractivity contribution in [1.29, 1.82) is 0 Å². The van der Waals surface area contributed by atoms with Gasteiger partial charge in [-0.25, -0.2) is 0 Å². The summed E-state index contributed by atoms with van der Waals surface area (Å²) in [6, 6.07) is 7.11. The normalized spacial score (nSPS) is 24.3. The number of carbonyl (C=O) groups is 3. The summed E-state index contributed by atoms with van der Waals surface area (Å²) in [5.41, 5.74) is 1.40. The van der Waals surface area contributed by atoms with Gasteiger partial charge < -0.3 is 14.9 Å². The van der Waals surface area contributed by atoms with E-state index < -0.39 is 5.97 Å². The van der Waals surface area contributed by atoms with Crippen molar-refractivity contribution in [1.82, 2.24) is 4.90 Å². The molecule has 6 nitrogen and oxygen atoms in total. The van der Waals surface area contributed by atoms with Crippen molar-refractivity contribution >= 4 is 23.5 Å². The van der Waals surface area contributed by atoms with Crippen molar-refractivity contribution < 1.29 is 19.5 Å². The summed E-state index contributed by atoms with van der Waals surface area (Å²) in [5.74, 6) is -1.17. The van der Waals surface area contributed by atoms with Gasteiger partial charge in [0.2, 0.25) is 5.91 Å². The number of likely N-dealkylation sites (tertiary alicyclic amines) is 1. The molecule has 6 heteroatoms. The lowest BCUT2D eigenvalue weighted by Gasteiger charge is -2.35. The standard InChI is InChI=1S/C18H22N2O4/c1-12-11-19(10-8-15(12)18(23)24)17(22)13-4-6-14(7-5-13)20-9-2-3-16(20)21/h4-7,12,15H,2-3,8-11H2,1H3,(H,23,24). The van der Waals surface area contributed by atoms with E-state index in [1.807, 2.05) is 19.1 Å². The Morgan fingerprint density at radius 3 is 2.42 bits per heavy atom. The Bertz CT molecular complexity index is 655. The van der Waals surface area contributed by atoms with Crippen LogP contribution in [0, 0.1) is 11.8 Å². The van der Waals surface area contributed by atoms with E-state index in [1.54, 1.807) is 21.9 Å². The number of piperidine rings is 1. The van der Waals surface area contributed by atoms with Gasteiger partial charge in [0.05, 0.1) is 5.92 Å². The average Bonchev–Trinajstić information content (AvgIpc) is 3.00. The third kappa shape index (κ3) is 3.13. The van der Waals surface area contributed by atoms with Gasteiger partial charge in [-0.2, -0.15) is 0 Å². The van der Waals surface area contributed by atoms with Crippen LogP contribution in [0.1, 0.15) is 36.5 Å². The van der Waals surface area contributed by atoms with Gasteiger partial charge in [0.15, 0.2) is 0 Å². The molecule has 24 heavy (non-hydrogen) atoms. The van der Waals surface area contributed by atoms with Crippen LogP contribution in [0.5, 0.6) is 0 Å². The summed E-state index contributed by atoms with van der Waals surface area (Å²) in [6.07, 6.45) is 1.94. The third-order valence-electron chi connectivity index (χ3n) is 5.01. The summed E-state index contributed by atoms with van der Waals surface area (Å²) in [5, 5.41) is 9.17. The molecule has 3 rings (SSSR count). The number of amides is 2. The quantitative estimate of drug-likeness (QED) is 0.919. The van der Waals surface area contributed by atoms with Crippen LogP contribution in [0.2, 0.25) is 0 Å². The Balaban J connectivity index is 1.67. The number of benzene rings is 1. The number of hydrogen-bond donors (Lipinski definition) is 1. The molecule has 2 unspecified atom stereocenters. The van der Waals surface area contributed by atoms with E-state index in [0.717, 1.165) is 18.7 Å². The number of carbonyl (C=O) groups excluding carboxylic acids is 2. The van der Waals surface area contributed by atoms with E-state index in [1.165, 1.54) is 0 Å². The molecule has 0 radical (unpaired) electrons. The molecular formula is C18H22N2O4. The molecule has 2 atom stereocenters. The van der Waals surface area contributed by atoms with Gasteiger partial charge in [-0.1, -0.05) is 6.92 Å². The Morgan fingerprint density at radius 1 is 1.17 bits per heavy atom. The van der Waals surface area contributed by atoms with Crippen molar-refractivity contribution in [2.24, 2.45) is 11.8 Å². The molecule has 0 saturated carbocycles. The van der Waals surface area contributed by atoms with Crippen molar-refractivity contribution in [3.8, 4) is 0 Å². The monoisotopic (exact) mass is 330 g/mol. The average molecular weight is 330 g/mol. The lowest BCUT2D eigenvalue weighted by molar-refractivity contribution is -0.145. The SMILES string of the molecule is CC1CN(C(=O)c2ccc(N3CCCC3=O)cc2)CCC1C(=O)O. The van der Waals surface area contributed by atoms with E-state index in [-0.39, 0.29) is 23.7 Å². The maximum atomic E-state index is 12.6. The zero-order valence-electron chi connectivity index (χ0n) is 13.8. The number of hydrogen-bond acceptors (Lipinski definition) is 3. The van der Waals surface area contributed by atoms with Crippen LogP contribution in [-0.2, 0) is 9.59 Å². The third-order valence-corrected chi connectivity index (χ3v) is 5.01. The van der Waals surface area contributed by atoms with Gasteiger partial charge >= 0.3 is 5.97 Å². The number of rotatable bonds is 3. The molecule has 0 aromatic heterocycles. The predicted octanol–water partition coefficient (Wildman–Crippen LogP) is 2.00. The molecular weight excluding hydrogens is 308 g/mol. The smallest absolute Gasteiger partial charge is 0.306 e. The first-order valence-corrected chi connectivity index (χ1v) is 8.40. The Labute approximate surface area is 141 Å². The minimum absolute atomic E-state index is 0.0540. The highest BCUT2D eigenvalue weighted by Crippen LogP contribution is 2.26. The van der Waals surface area contributed by atoms with E-state index in [9.17, 15) is 19.5 Å². The van der Waals surface area contributed by atoms with Gasteiger partial charge in [-0.05, 0) is 43.0 Å². The summed E-state index contributed by atoms with van der Waals surface area (Å²) in [7, 11) is 0. The van der Waals surface area contributed by atoms with E-state index in [0.29, 0.717) is 31.5 Å². The maximum absolute atomic E-state index is 12.6. The first-order chi connectivity index (χ1) is 11.5. The molecule has 0 aliphatic carbocycles. The van der Waals surface area contributed by atoms with Crippen molar-refractivity contribution in [3.05, 3.63) is 29.8 Å². The van der Waals surface area contributed by atoms with Crippen LogP contribution in [-0.4, -0.2) is 47.4 Å². The molecule has 1 N–H and O–H groups in total. The first-order valence-electron chi connectivity index (χ1n) is 8.40. The number of aliphatic carboxylic acids is 1. The van der Waals surface area contributed by atoms with E-state index in [4.69, 9.17) is 0 Å². The van der Waals surface area contributed by atoms with Gasteiger partial charge in [-0.3, -0.25) is 14.4 Å². The highest BCUT2D eigenvalue weighted by Gasteiger charge is 2.33. The second kappa shape index (κ2) is 6.63. The maximum Gasteiger partial charge on any atom is 0.306 e. The molecule has 0 spiro atoms. The minimum atomic E-state index is -0.783. The van der Waals surface area contributed by atoms with Crippen LogP contribution < -0.4 is 4.90 Å². The fraction of sp³-hybridized carbons (Fsp3) is 0.500. The summed E-state index contributed by atoms with van der Waals surface area (Å²) >= 11 is 0. The summed E-state index contributed by atoms with van der Waals surface area (Å²) < 4.78 is 0. The number of nitrogens with zero attached hydrogens (tertiary/aromatic N) is 2. The Morgan fingerprint density at radius 2 is 1.88 bits per heavy atom. The van der Waals surface area contributed by atoms with Gasteiger partial charge in [0.1, 0.15) is 0 Å². The van der Waals surface area contributed by atoms with E-state index in [2.05, 4.69) is 0 Å². The molecule has 0 bridgehead atoms. The number of anilines is 1. The molecule has 128 valence electrons. The van der Waals surface area contributed by atoms with Crippen molar-refractivity contribution in [3.63, 3.8) is 0 Å². The summed E-state index contributed by atoms with van der Waals surface area (Å²) in [4.78, 5) is 39.0. The van der Waals surface area contributed by atoms with Crippen molar-refractivity contribution in [2.45, 2.75) is 26.2 Å². The second-order valence-electron chi connectivity index (χ2n) is 6.66. The molecule has 2 amide bonds. The fourth-order valence-corrected chi connectivity index (χ4v) is 3.58. The molecule has 1 aromatic carbocycles. The first kappa shape index (κ1) is 16.5. The highest BCUT2D eigenvalue weighted by atomic mass is 16.4. The van der Waals surface area contributed by atoms with Gasteiger partial charge in [0, 0.05) is 37.3 Å². The zero-order valence-corrected chi connectivity index (χ0v) is 13.8. The second-order valence-corrected chi connectivity index (χ2v) is 6.66. The zero-order chi connectivity index (χ0) is 17.3. The lowest BCUT2D eigenvalue weighted by atomic mass is 9.87. The van der Waals surface area contributed by atoms with Crippen LogP contribution in [0.15, 0.2) is 24.3 Å². The molecule has 2 aliphatic heterocycles. The van der Waals surface area contributed by atoms with Crippen LogP contribution in [0.3, 0.4) is 0 Å². The largest absolute Gasteiger partial charge is 0.481 e. The van der Waals surface area contributed by atoms with Crippen LogP contribution in [0.25, 0.3) is 0 Å². The van der Waals surface area contributed by atoms with E-state index >= 15 is 0 Å². The molecule has 1 aromatic rings. The Kier molecular flexibility index (Phi) is 4.55. The van der Waals surface area contributed by atoms with Crippen molar-refractivity contribution in [2.75, 3.05) is 24.5 Å². The fourth-order valence-electron chi connectivity index (χ4n) is 3.58. The Hall–Kier alpha value is -2.37. The number of carboxylic acid groups (broad SMARTS) is 1. The predicted molar refractivity (Wildman–Crippen MR) is 88.8 cm³/mol. The lowest BCUT2D eigenvalue weighted by Crippen LogP contribution is -2.45. The molecule has 2 aliphatic rings. The molecule has 2 saturated heterocycles. The highest BCUT2D eigenvalue weighted by molar-refractivity contribution is 5.97.